The first-order valence-electron chi connectivity index (χ1n) is 9.01. The van der Waals surface area contributed by atoms with E-state index in [1.807, 2.05) is 49.4 Å². The molecule has 0 aliphatic rings. The predicted molar refractivity (Wildman–Crippen MR) is 117 cm³/mol. The van der Waals surface area contributed by atoms with E-state index >= 15 is 0 Å². The summed E-state index contributed by atoms with van der Waals surface area (Å²) in [7, 11) is 0. The molecule has 0 fully saturated rings. The summed E-state index contributed by atoms with van der Waals surface area (Å²) in [5.41, 5.74) is 3.71. The Morgan fingerprint density at radius 2 is 1.83 bits per heavy atom. The highest BCUT2D eigenvalue weighted by molar-refractivity contribution is 6.30. The van der Waals surface area contributed by atoms with Crippen molar-refractivity contribution in [3.05, 3.63) is 94.5 Å². The molecule has 5 heteroatoms. The molecule has 3 aromatic rings. The van der Waals surface area contributed by atoms with Gasteiger partial charge in [-0.05, 0) is 48.9 Å². The van der Waals surface area contributed by atoms with E-state index in [0.717, 1.165) is 11.1 Å². The minimum Gasteiger partial charge on any atom is -0.483 e. The Morgan fingerprint density at radius 1 is 1.10 bits per heavy atom. The van der Waals surface area contributed by atoms with Crippen LogP contribution in [0, 0.1) is 18.3 Å². The SMILES string of the molecule is Cc1ccc(/C(C#N)=C/c2cc(Cl)ccc2OCC(=O)Nc2ccccc2)cc1. The number of aryl methyl sites for hydroxylation is 1. The molecule has 0 saturated heterocycles. The number of benzene rings is 3. The van der Waals surface area contributed by atoms with Gasteiger partial charge in [0.1, 0.15) is 5.75 Å². The second-order valence-electron chi connectivity index (χ2n) is 6.42. The van der Waals surface area contributed by atoms with E-state index in [9.17, 15) is 10.1 Å². The first-order chi connectivity index (χ1) is 14.0. The lowest BCUT2D eigenvalue weighted by molar-refractivity contribution is -0.118. The summed E-state index contributed by atoms with van der Waals surface area (Å²) in [6.45, 7) is 1.83. The second-order valence-corrected chi connectivity index (χ2v) is 6.86. The van der Waals surface area contributed by atoms with E-state index in [0.29, 0.717) is 27.6 Å². The number of para-hydroxylation sites is 1. The van der Waals surface area contributed by atoms with Crippen molar-refractivity contribution in [2.24, 2.45) is 0 Å². The number of halogens is 1. The molecule has 0 aliphatic heterocycles. The Hall–Kier alpha value is -3.55. The molecule has 0 atom stereocenters. The van der Waals surface area contributed by atoms with Crippen molar-refractivity contribution in [3.8, 4) is 11.8 Å². The van der Waals surface area contributed by atoms with Crippen LogP contribution >= 0.6 is 11.6 Å². The number of anilines is 1. The van der Waals surface area contributed by atoms with Gasteiger partial charge >= 0.3 is 0 Å². The van der Waals surface area contributed by atoms with Crippen molar-refractivity contribution in [2.75, 3.05) is 11.9 Å². The summed E-state index contributed by atoms with van der Waals surface area (Å²) in [6, 6.07) is 24.1. The summed E-state index contributed by atoms with van der Waals surface area (Å²) in [4.78, 5) is 12.2. The molecule has 1 N–H and O–H groups in total. The quantitative estimate of drug-likeness (QED) is 0.423. The van der Waals surface area contributed by atoms with Gasteiger partial charge in [-0.1, -0.05) is 59.6 Å². The Labute approximate surface area is 175 Å². The molecule has 29 heavy (non-hydrogen) atoms. The first-order valence-corrected chi connectivity index (χ1v) is 9.39. The van der Waals surface area contributed by atoms with Crippen LogP contribution in [0.1, 0.15) is 16.7 Å². The Kier molecular flexibility index (Phi) is 6.67. The number of nitrogens with one attached hydrogen (secondary N) is 1. The maximum Gasteiger partial charge on any atom is 0.262 e. The first kappa shape index (κ1) is 20.2. The number of rotatable bonds is 6. The number of carbonyl (C=O) groups is 1. The lowest BCUT2D eigenvalue weighted by atomic mass is 10.0. The van der Waals surface area contributed by atoms with Crippen LogP contribution in [-0.2, 0) is 4.79 Å². The van der Waals surface area contributed by atoms with Crippen LogP contribution in [0.15, 0.2) is 72.8 Å². The summed E-state index contributed by atoms with van der Waals surface area (Å²) >= 11 is 6.13. The monoisotopic (exact) mass is 402 g/mol. The normalized spacial score (nSPS) is 10.9. The highest BCUT2D eigenvalue weighted by Gasteiger charge is 2.09. The van der Waals surface area contributed by atoms with Gasteiger partial charge < -0.3 is 10.1 Å². The van der Waals surface area contributed by atoms with Gasteiger partial charge in [-0.3, -0.25) is 4.79 Å². The molecule has 0 aliphatic carbocycles. The molecule has 3 rings (SSSR count). The summed E-state index contributed by atoms with van der Waals surface area (Å²) in [5.74, 6) is 0.192. The third-order valence-corrected chi connectivity index (χ3v) is 4.41. The minimum absolute atomic E-state index is 0.163. The van der Waals surface area contributed by atoms with Crippen LogP contribution in [-0.4, -0.2) is 12.5 Å². The van der Waals surface area contributed by atoms with Crippen LogP contribution in [0.2, 0.25) is 5.02 Å². The van der Waals surface area contributed by atoms with Crippen LogP contribution in [0.25, 0.3) is 11.6 Å². The number of amides is 1. The Morgan fingerprint density at radius 3 is 2.52 bits per heavy atom. The molecular formula is C24H19ClN2O2. The zero-order chi connectivity index (χ0) is 20.6. The van der Waals surface area contributed by atoms with Crippen LogP contribution < -0.4 is 10.1 Å². The van der Waals surface area contributed by atoms with Crippen LogP contribution in [0.3, 0.4) is 0 Å². The smallest absolute Gasteiger partial charge is 0.262 e. The lowest BCUT2D eigenvalue weighted by Gasteiger charge is -2.11. The lowest BCUT2D eigenvalue weighted by Crippen LogP contribution is -2.20. The zero-order valence-corrected chi connectivity index (χ0v) is 16.6. The van der Waals surface area contributed by atoms with Gasteiger partial charge in [-0.2, -0.15) is 5.26 Å². The molecule has 0 unspecified atom stereocenters. The molecule has 0 spiro atoms. The molecular weight excluding hydrogens is 384 g/mol. The van der Waals surface area contributed by atoms with E-state index in [1.54, 1.807) is 36.4 Å². The fourth-order valence-electron chi connectivity index (χ4n) is 2.69. The third kappa shape index (κ3) is 5.71. The number of allylic oxidation sites excluding steroid dienone is 1. The van der Waals surface area contributed by atoms with Crippen molar-refractivity contribution in [2.45, 2.75) is 6.92 Å². The molecule has 0 saturated carbocycles. The van der Waals surface area contributed by atoms with Gasteiger partial charge in [-0.15, -0.1) is 0 Å². The Balaban J connectivity index is 1.79. The van der Waals surface area contributed by atoms with E-state index in [1.165, 1.54) is 0 Å². The molecule has 144 valence electrons. The number of ether oxygens (including phenoxy) is 1. The molecule has 0 radical (unpaired) electrons. The van der Waals surface area contributed by atoms with Crippen molar-refractivity contribution >= 4 is 34.8 Å². The van der Waals surface area contributed by atoms with Gasteiger partial charge in [0.2, 0.25) is 0 Å². The second kappa shape index (κ2) is 9.59. The molecule has 0 bridgehead atoms. The number of carbonyl (C=O) groups excluding carboxylic acids is 1. The highest BCUT2D eigenvalue weighted by atomic mass is 35.5. The summed E-state index contributed by atoms with van der Waals surface area (Å²) in [6.07, 6.45) is 1.71. The number of hydrogen-bond acceptors (Lipinski definition) is 3. The molecule has 0 aromatic heterocycles. The van der Waals surface area contributed by atoms with Crippen LogP contribution in [0.4, 0.5) is 5.69 Å². The topological polar surface area (TPSA) is 62.1 Å². The number of nitrogens with zero attached hydrogens (tertiary/aromatic N) is 1. The van der Waals surface area contributed by atoms with Crippen molar-refractivity contribution in [1.29, 1.82) is 5.26 Å². The van der Waals surface area contributed by atoms with Gasteiger partial charge in [0.25, 0.3) is 5.91 Å². The van der Waals surface area contributed by atoms with Crippen molar-refractivity contribution in [3.63, 3.8) is 0 Å². The average Bonchev–Trinajstić information content (AvgIpc) is 2.73. The van der Waals surface area contributed by atoms with E-state index < -0.39 is 0 Å². The maximum absolute atomic E-state index is 12.2. The van der Waals surface area contributed by atoms with Crippen LogP contribution in [0.5, 0.6) is 5.75 Å². The van der Waals surface area contributed by atoms with Crippen molar-refractivity contribution < 1.29 is 9.53 Å². The molecule has 3 aromatic carbocycles. The average molecular weight is 403 g/mol. The van der Waals surface area contributed by atoms with Crippen molar-refractivity contribution in [1.82, 2.24) is 0 Å². The van der Waals surface area contributed by atoms with E-state index in [2.05, 4.69) is 11.4 Å². The Bertz CT molecular complexity index is 1070. The zero-order valence-electron chi connectivity index (χ0n) is 15.9. The third-order valence-electron chi connectivity index (χ3n) is 4.17. The summed E-state index contributed by atoms with van der Waals surface area (Å²) in [5, 5.41) is 12.9. The maximum atomic E-state index is 12.2. The molecule has 4 nitrogen and oxygen atoms in total. The number of hydrogen-bond donors (Lipinski definition) is 1. The molecule has 0 heterocycles. The summed E-state index contributed by atoms with van der Waals surface area (Å²) < 4.78 is 5.70. The number of nitriles is 1. The van der Waals surface area contributed by atoms with E-state index in [4.69, 9.17) is 16.3 Å². The standard InChI is InChI=1S/C24H19ClN2O2/c1-17-7-9-18(10-8-17)20(15-26)13-19-14-21(25)11-12-23(19)29-16-24(28)27-22-5-3-2-4-6-22/h2-14H,16H2,1H3,(H,27,28)/b20-13+. The van der Waals surface area contributed by atoms with Gasteiger partial charge in [0, 0.05) is 16.3 Å². The highest BCUT2D eigenvalue weighted by Crippen LogP contribution is 2.28. The fraction of sp³-hybridized carbons (Fsp3) is 0.0833. The fourth-order valence-corrected chi connectivity index (χ4v) is 2.87. The van der Waals surface area contributed by atoms with Gasteiger partial charge in [0.05, 0.1) is 11.6 Å². The predicted octanol–water partition coefficient (Wildman–Crippen LogP) is 5.73. The van der Waals surface area contributed by atoms with E-state index in [-0.39, 0.29) is 12.5 Å². The van der Waals surface area contributed by atoms with Gasteiger partial charge in [-0.25, -0.2) is 0 Å². The minimum atomic E-state index is -0.278. The largest absolute Gasteiger partial charge is 0.483 e. The van der Waals surface area contributed by atoms with Gasteiger partial charge in [0.15, 0.2) is 6.61 Å². The molecule has 1 amide bonds.